The van der Waals surface area contributed by atoms with Gasteiger partial charge in [0.15, 0.2) is 0 Å². The first kappa shape index (κ1) is 60.9. The van der Waals surface area contributed by atoms with Crippen LogP contribution in [0.25, 0.3) is 108 Å². The molecule has 0 nitrogen and oxygen atoms in total. The third kappa shape index (κ3) is 16.5. The SMILES string of the molecule is C/C=C\C=C/CC.C=Cc1ccc2sc3ccc(-c4cccc(-c5cccc(-c6cccc(-c7cccc(-c8ccc9sc%10ccc(C)cc%10c9c8)c7)c6)c5)c4)cc3c2c1.C=Cc1ccccc1.CC.Cc1ccccc1.Cc1ccccc1. The molecule has 0 radical (unpaired) electrons. The van der Waals surface area contributed by atoms with Crippen molar-refractivity contribution in [3.8, 4) is 55.6 Å². The molecule has 11 aromatic carbocycles. The monoisotopic (exact) mass is 1120 g/mol. The van der Waals surface area contributed by atoms with Gasteiger partial charge in [-0.2, -0.15) is 0 Å². The summed E-state index contributed by atoms with van der Waals surface area (Å²) >= 11 is 3.72. The molecule has 0 aliphatic heterocycles. The Balaban J connectivity index is 0.000000240. The van der Waals surface area contributed by atoms with Crippen LogP contribution in [0.15, 0.2) is 298 Å². The number of allylic oxidation sites excluding steroid dienone is 4. The molecule has 0 atom stereocenters. The van der Waals surface area contributed by atoms with Crippen molar-refractivity contribution >= 4 is 75.2 Å². The Hall–Kier alpha value is -9.18. The summed E-state index contributed by atoms with van der Waals surface area (Å²) in [6.07, 6.45) is 13.1. The van der Waals surface area contributed by atoms with Crippen molar-refractivity contribution in [2.75, 3.05) is 0 Å². The van der Waals surface area contributed by atoms with Crippen LogP contribution in [0.3, 0.4) is 0 Å². The molecule has 0 aliphatic rings. The Morgan fingerprint density at radius 2 is 0.643 bits per heavy atom. The van der Waals surface area contributed by atoms with Gasteiger partial charge in [-0.25, -0.2) is 0 Å². The van der Waals surface area contributed by atoms with E-state index in [9.17, 15) is 0 Å². The van der Waals surface area contributed by atoms with Crippen LogP contribution in [0.5, 0.6) is 0 Å². The molecule has 0 saturated carbocycles. The average molecular weight is 1130 g/mol. The number of aryl methyl sites for hydroxylation is 3. The smallest absolute Gasteiger partial charge is 0.0355 e. The van der Waals surface area contributed by atoms with E-state index in [1.807, 2.05) is 134 Å². The van der Waals surface area contributed by atoms with Gasteiger partial charge < -0.3 is 0 Å². The fraction of sp³-hybridized carbons (Fsp3) is 0.0976. The van der Waals surface area contributed by atoms with E-state index in [0.29, 0.717) is 0 Å². The molecule has 0 amide bonds. The van der Waals surface area contributed by atoms with Gasteiger partial charge in [0.1, 0.15) is 0 Å². The molecule has 2 heterocycles. The lowest BCUT2D eigenvalue weighted by atomic mass is 9.93. The lowest BCUT2D eigenvalue weighted by Crippen LogP contribution is -1.85. The maximum Gasteiger partial charge on any atom is 0.0355 e. The fourth-order valence-corrected chi connectivity index (χ4v) is 11.8. The summed E-state index contributed by atoms with van der Waals surface area (Å²) < 4.78 is 5.30. The minimum atomic E-state index is 1.13. The standard InChI is InChI=1S/C51H34S2.C8H8.2C7H8.C7H12.C2H6/c1-3-33-17-21-49-45(25-33)47-31-43(19-23-51(47)53-49)41-15-7-13-39(29-41)37-11-5-9-35(27-37)34-8-4-10-36(26-34)38-12-6-14-40(28-38)42-18-22-50-46(30-42)44-24-32(2)16-20-48(44)52-50;1-2-8-6-4-3-5-7-8;2*1-7-5-3-2-4-6-7;1-3-5-7-6-4-2;1-2/h3-31H,1H2,2H3;2-7H,1H2;2*2-6H,1H3;3,5-7H,4H2,1-2H3;1-2H3/b;;;;5-3-,7-6-;. The van der Waals surface area contributed by atoms with Crippen molar-refractivity contribution in [3.05, 3.63) is 326 Å². The van der Waals surface area contributed by atoms with Crippen molar-refractivity contribution in [1.29, 1.82) is 0 Å². The molecular formula is C82H76S2. The Labute approximate surface area is 508 Å². The Morgan fingerprint density at radius 1 is 0.310 bits per heavy atom. The van der Waals surface area contributed by atoms with Gasteiger partial charge in [0.25, 0.3) is 0 Å². The number of rotatable bonds is 9. The molecule has 0 saturated heterocycles. The van der Waals surface area contributed by atoms with E-state index >= 15 is 0 Å². The van der Waals surface area contributed by atoms with Crippen LogP contribution in [0.1, 0.15) is 61.9 Å². The van der Waals surface area contributed by atoms with Crippen LogP contribution < -0.4 is 0 Å². The highest BCUT2D eigenvalue weighted by Crippen LogP contribution is 2.40. The number of fused-ring (bicyclic) bond motifs is 6. The molecule has 13 aromatic rings. The highest BCUT2D eigenvalue weighted by Gasteiger charge is 2.12. The van der Waals surface area contributed by atoms with Crippen LogP contribution in [0, 0.1) is 20.8 Å². The summed E-state index contributed by atoms with van der Waals surface area (Å²) in [5.41, 5.74) is 18.5. The zero-order chi connectivity index (χ0) is 59.0. The normalized spacial score (nSPS) is 10.6. The van der Waals surface area contributed by atoms with E-state index < -0.39 is 0 Å². The minimum absolute atomic E-state index is 1.13. The van der Waals surface area contributed by atoms with Crippen LogP contribution in [-0.2, 0) is 0 Å². The number of thiophene rings is 2. The summed E-state index contributed by atoms with van der Waals surface area (Å²) in [5.74, 6) is 0. The Morgan fingerprint density at radius 3 is 0.976 bits per heavy atom. The number of benzene rings is 11. The van der Waals surface area contributed by atoms with E-state index in [1.54, 1.807) is 0 Å². The molecule has 0 N–H and O–H groups in total. The quantitative estimate of drug-likeness (QED) is 0.126. The van der Waals surface area contributed by atoms with Crippen molar-refractivity contribution in [2.45, 2.75) is 54.9 Å². The lowest BCUT2D eigenvalue weighted by molar-refractivity contribution is 1.22. The summed E-state index contributed by atoms with van der Waals surface area (Å²) in [7, 11) is 0. The predicted octanol–water partition coefficient (Wildman–Crippen LogP) is 25.6. The van der Waals surface area contributed by atoms with E-state index in [4.69, 9.17) is 0 Å². The Bertz CT molecular complexity index is 4230. The lowest BCUT2D eigenvalue weighted by Gasteiger charge is -2.11. The maximum absolute atomic E-state index is 3.98. The summed E-state index contributed by atoms with van der Waals surface area (Å²) in [4.78, 5) is 0. The van der Waals surface area contributed by atoms with E-state index in [-0.39, 0.29) is 0 Å². The van der Waals surface area contributed by atoms with Crippen LogP contribution in [-0.4, -0.2) is 0 Å². The molecule has 416 valence electrons. The summed E-state index contributed by atoms with van der Waals surface area (Å²) in [6.45, 7) is 22.1. The van der Waals surface area contributed by atoms with Crippen molar-refractivity contribution in [1.82, 2.24) is 0 Å². The molecule has 0 aliphatic carbocycles. The van der Waals surface area contributed by atoms with E-state index in [1.165, 1.54) is 118 Å². The highest BCUT2D eigenvalue weighted by molar-refractivity contribution is 7.26. The second kappa shape index (κ2) is 31.3. The zero-order valence-corrected chi connectivity index (χ0v) is 51.4. The van der Waals surface area contributed by atoms with Gasteiger partial charge in [0.05, 0.1) is 0 Å². The first-order valence-corrected chi connectivity index (χ1v) is 30.8. The minimum Gasteiger partial charge on any atom is -0.135 e. The molecule has 2 heteroatoms. The van der Waals surface area contributed by atoms with Gasteiger partial charge in [-0.05, 0) is 174 Å². The highest BCUT2D eigenvalue weighted by atomic mass is 32.1. The number of hydrogen-bond donors (Lipinski definition) is 0. The first-order chi connectivity index (χ1) is 41.2. The van der Waals surface area contributed by atoms with Crippen LogP contribution in [0.4, 0.5) is 0 Å². The second-order valence-electron chi connectivity index (χ2n) is 20.2. The summed E-state index contributed by atoms with van der Waals surface area (Å²) in [6, 6.07) is 93.5. The first-order valence-electron chi connectivity index (χ1n) is 29.1. The molecule has 0 unspecified atom stereocenters. The van der Waals surface area contributed by atoms with E-state index in [2.05, 4.69) is 247 Å². The molecular weight excluding hydrogens is 1050 g/mol. The van der Waals surface area contributed by atoms with Gasteiger partial charge in [-0.3, -0.25) is 0 Å². The van der Waals surface area contributed by atoms with Crippen molar-refractivity contribution in [2.24, 2.45) is 0 Å². The third-order valence-corrected chi connectivity index (χ3v) is 16.4. The van der Waals surface area contributed by atoms with Crippen molar-refractivity contribution in [3.63, 3.8) is 0 Å². The molecule has 0 spiro atoms. The average Bonchev–Trinajstić information content (AvgIpc) is 3.31. The van der Waals surface area contributed by atoms with Crippen LogP contribution >= 0.6 is 22.7 Å². The maximum atomic E-state index is 3.98. The van der Waals surface area contributed by atoms with Crippen molar-refractivity contribution < 1.29 is 0 Å². The van der Waals surface area contributed by atoms with E-state index in [0.717, 1.165) is 12.0 Å². The fourth-order valence-electron chi connectivity index (χ4n) is 9.67. The van der Waals surface area contributed by atoms with Gasteiger partial charge in [-0.15, -0.1) is 22.7 Å². The second-order valence-corrected chi connectivity index (χ2v) is 22.4. The zero-order valence-electron chi connectivity index (χ0n) is 49.7. The topological polar surface area (TPSA) is 0 Å². The van der Waals surface area contributed by atoms with Gasteiger partial charge in [0.2, 0.25) is 0 Å². The molecule has 0 bridgehead atoms. The molecule has 2 aromatic heterocycles. The predicted molar refractivity (Wildman–Crippen MR) is 379 cm³/mol. The number of hydrogen-bond acceptors (Lipinski definition) is 2. The summed E-state index contributed by atoms with van der Waals surface area (Å²) in [5, 5.41) is 5.28. The van der Waals surface area contributed by atoms with Gasteiger partial charge >= 0.3 is 0 Å². The molecule has 84 heavy (non-hydrogen) atoms. The molecule has 0 fully saturated rings. The molecule has 13 rings (SSSR count). The largest absolute Gasteiger partial charge is 0.135 e. The third-order valence-electron chi connectivity index (χ3n) is 14.1. The van der Waals surface area contributed by atoms with Gasteiger partial charge in [0, 0.05) is 40.3 Å². The van der Waals surface area contributed by atoms with Crippen LogP contribution in [0.2, 0.25) is 0 Å². The Kier molecular flexibility index (Phi) is 22.7. The van der Waals surface area contributed by atoms with Gasteiger partial charge in [-0.1, -0.05) is 275 Å².